The molecule has 2 amide bonds. The van der Waals surface area contributed by atoms with Crippen LogP contribution in [0.4, 0.5) is 4.79 Å². The highest BCUT2D eigenvalue weighted by Gasteiger charge is 2.39. The van der Waals surface area contributed by atoms with Crippen molar-refractivity contribution in [3.05, 3.63) is 33.8 Å². The fourth-order valence-corrected chi connectivity index (χ4v) is 3.63. The van der Waals surface area contributed by atoms with Crippen LogP contribution in [0.15, 0.2) is 18.2 Å². The first-order valence-electron chi connectivity index (χ1n) is 7.73. The predicted octanol–water partition coefficient (Wildman–Crippen LogP) is 3.74. The lowest BCUT2D eigenvalue weighted by atomic mass is 9.89. The Kier molecular flexibility index (Phi) is 4.69. The van der Waals surface area contributed by atoms with Gasteiger partial charge in [0.05, 0.1) is 21.7 Å². The minimum absolute atomic E-state index is 0.0982. The van der Waals surface area contributed by atoms with Gasteiger partial charge in [0.25, 0.3) is 5.91 Å². The van der Waals surface area contributed by atoms with Crippen LogP contribution in [-0.2, 0) is 0 Å². The monoisotopic (exact) mass is 356 g/mol. The van der Waals surface area contributed by atoms with Crippen molar-refractivity contribution in [3.63, 3.8) is 0 Å². The van der Waals surface area contributed by atoms with E-state index in [1.54, 1.807) is 18.2 Å². The van der Waals surface area contributed by atoms with Crippen molar-refractivity contribution in [3.8, 4) is 0 Å². The standard InChI is InChI=1S/C16H18Cl2N2O3/c17-13-6-2-5-12(14(13)18)15(21)20(10-3-1-4-10)11-7-8-19(9-11)16(22)23/h2,5-6,10-11H,1,3-4,7-9H2,(H,22,23)/t11-/m0/s1. The SMILES string of the molecule is O=C(O)N1CC[C@H](N(C(=O)c2cccc(Cl)c2Cl)C2CCC2)C1. The first-order valence-corrected chi connectivity index (χ1v) is 8.49. The maximum atomic E-state index is 13.0. The Labute approximate surface area is 144 Å². The third-order valence-electron chi connectivity index (χ3n) is 4.71. The van der Waals surface area contributed by atoms with Crippen LogP contribution in [0.5, 0.6) is 0 Å². The van der Waals surface area contributed by atoms with Crippen LogP contribution in [0.1, 0.15) is 36.0 Å². The van der Waals surface area contributed by atoms with Crippen LogP contribution in [0.25, 0.3) is 0 Å². The molecule has 124 valence electrons. The van der Waals surface area contributed by atoms with E-state index in [4.69, 9.17) is 28.3 Å². The van der Waals surface area contributed by atoms with E-state index in [0.29, 0.717) is 30.1 Å². The maximum Gasteiger partial charge on any atom is 0.407 e. The molecule has 1 heterocycles. The molecule has 1 aliphatic heterocycles. The predicted molar refractivity (Wildman–Crippen MR) is 88.3 cm³/mol. The van der Waals surface area contributed by atoms with Gasteiger partial charge >= 0.3 is 6.09 Å². The number of likely N-dealkylation sites (tertiary alicyclic amines) is 1. The van der Waals surface area contributed by atoms with Crippen molar-refractivity contribution in [2.24, 2.45) is 0 Å². The van der Waals surface area contributed by atoms with Gasteiger partial charge in [-0.1, -0.05) is 29.3 Å². The third-order valence-corrected chi connectivity index (χ3v) is 5.53. The lowest BCUT2D eigenvalue weighted by Crippen LogP contribution is -2.51. The molecule has 1 aromatic carbocycles. The molecule has 0 bridgehead atoms. The molecule has 23 heavy (non-hydrogen) atoms. The lowest BCUT2D eigenvalue weighted by molar-refractivity contribution is 0.0448. The van der Waals surface area contributed by atoms with Gasteiger partial charge in [-0.2, -0.15) is 0 Å². The number of benzene rings is 1. The number of nitrogens with zero attached hydrogens (tertiary/aromatic N) is 2. The number of hydrogen-bond donors (Lipinski definition) is 1. The summed E-state index contributed by atoms with van der Waals surface area (Å²) in [6, 6.07) is 5.09. The van der Waals surface area contributed by atoms with Crippen LogP contribution in [0.2, 0.25) is 10.0 Å². The van der Waals surface area contributed by atoms with E-state index in [2.05, 4.69) is 0 Å². The van der Waals surface area contributed by atoms with Crippen molar-refractivity contribution in [1.29, 1.82) is 0 Å². The Morgan fingerprint density at radius 3 is 2.48 bits per heavy atom. The highest BCUT2D eigenvalue weighted by molar-refractivity contribution is 6.43. The van der Waals surface area contributed by atoms with Gasteiger partial charge in [0, 0.05) is 19.1 Å². The van der Waals surface area contributed by atoms with Gasteiger partial charge in [0.2, 0.25) is 0 Å². The largest absolute Gasteiger partial charge is 0.465 e. The average molecular weight is 357 g/mol. The molecule has 1 saturated heterocycles. The zero-order chi connectivity index (χ0) is 16.6. The van der Waals surface area contributed by atoms with Crippen molar-refractivity contribution in [2.45, 2.75) is 37.8 Å². The Balaban J connectivity index is 1.86. The van der Waals surface area contributed by atoms with Gasteiger partial charge in [-0.15, -0.1) is 0 Å². The molecule has 1 aliphatic carbocycles. The van der Waals surface area contributed by atoms with E-state index in [0.717, 1.165) is 19.3 Å². The molecule has 0 radical (unpaired) electrons. The van der Waals surface area contributed by atoms with Crippen LogP contribution in [0.3, 0.4) is 0 Å². The summed E-state index contributed by atoms with van der Waals surface area (Å²) in [5, 5.41) is 9.75. The molecule has 2 fully saturated rings. The first-order chi connectivity index (χ1) is 11.0. The van der Waals surface area contributed by atoms with E-state index in [-0.39, 0.29) is 23.0 Å². The van der Waals surface area contributed by atoms with Gasteiger partial charge < -0.3 is 14.9 Å². The van der Waals surface area contributed by atoms with E-state index in [1.165, 1.54) is 4.90 Å². The minimum Gasteiger partial charge on any atom is -0.465 e. The van der Waals surface area contributed by atoms with Gasteiger partial charge in [-0.05, 0) is 37.8 Å². The molecule has 0 spiro atoms. The molecule has 1 aromatic rings. The molecular weight excluding hydrogens is 339 g/mol. The molecule has 1 saturated carbocycles. The quantitative estimate of drug-likeness (QED) is 0.897. The van der Waals surface area contributed by atoms with Crippen molar-refractivity contribution < 1.29 is 14.7 Å². The normalized spacial score (nSPS) is 21.1. The first kappa shape index (κ1) is 16.4. The summed E-state index contributed by atoms with van der Waals surface area (Å²) in [6.07, 6.45) is 2.72. The summed E-state index contributed by atoms with van der Waals surface area (Å²) < 4.78 is 0. The van der Waals surface area contributed by atoms with E-state index in [9.17, 15) is 9.59 Å². The molecular formula is C16H18Cl2N2O3. The Morgan fingerprint density at radius 1 is 1.17 bits per heavy atom. The van der Waals surface area contributed by atoms with Crippen molar-refractivity contribution in [1.82, 2.24) is 9.80 Å². The van der Waals surface area contributed by atoms with E-state index in [1.807, 2.05) is 4.90 Å². The van der Waals surface area contributed by atoms with Gasteiger partial charge in [0.1, 0.15) is 0 Å². The average Bonchev–Trinajstić information content (AvgIpc) is 2.94. The number of hydrogen-bond acceptors (Lipinski definition) is 2. The maximum absolute atomic E-state index is 13.0. The molecule has 7 heteroatoms. The summed E-state index contributed by atoms with van der Waals surface area (Å²) in [5.74, 6) is -0.153. The summed E-state index contributed by atoms with van der Waals surface area (Å²) in [4.78, 5) is 27.4. The van der Waals surface area contributed by atoms with E-state index < -0.39 is 6.09 Å². The van der Waals surface area contributed by atoms with Crippen LogP contribution < -0.4 is 0 Å². The summed E-state index contributed by atoms with van der Waals surface area (Å²) in [5.41, 5.74) is 0.389. The van der Waals surface area contributed by atoms with Gasteiger partial charge in [-0.3, -0.25) is 4.79 Å². The number of carbonyl (C=O) groups excluding carboxylic acids is 1. The number of carbonyl (C=O) groups is 2. The van der Waals surface area contributed by atoms with E-state index >= 15 is 0 Å². The Bertz CT molecular complexity index is 634. The molecule has 5 nitrogen and oxygen atoms in total. The molecule has 0 unspecified atom stereocenters. The number of halogens is 2. The number of carboxylic acid groups (broad SMARTS) is 1. The Morgan fingerprint density at radius 2 is 1.91 bits per heavy atom. The highest BCUT2D eigenvalue weighted by Crippen LogP contribution is 2.33. The molecule has 1 N–H and O–H groups in total. The molecule has 2 aliphatic rings. The molecule has 1 atom stereocenters. The number of amides is 2. The second-order valence-corrected chi connectivity index (χ2v) is 6.85. The fourth-order valence-electron chi connectivity index (χ4n) is 3.25. The van der Waals surface area contributed by atoms with Crippen molar-refractivity contribution in [2.75, 3.05) is 13.1 Å². The van der Waals surface area contributed by atoms with Gasteiger partial charge in [-0.25, -0.2) is 4.79 Å². The zero-order valence-electron chi connectivity index (χ0n) is 12.5. The highest BCUT2D eigenvalue weighted by atomic mass is 35.5. The fraction of sp³-hybridized carbons (Fsp3) is 0.500. The zero-order valence-corrected chi connectivity index (χ0v) is 14.1. The summed E-state index contributed by atoms with van der Waals surface area (Å²) >= 11 is 12.2. The van der Waals surface area contributed by atoms with Crippen LogP contribution in [-0.4, -0.2) is 52.1 Å². The van der Waals surface area contributed by atoms with Crippen molar-refractivity contribution >= 4 is 35.2 Å². The molecule has 0 aromatic heterocycles. The second kappa shape index (κ2) is 6.57. The van der Waals surface area contributed by atoms with Gasteiger partial charge in [0.15, 0.2) is 0 Å². The van der Waals surface area contributed by atoms with Crippen LogP contribution in [0, 0.1) is 0 Å². The smallest absolute Gasteiger partial charge is 0.407 e. The third kappa shape index (κ3) is 3.12. The Hall–Kier alpha value is -1.46. The second-order valence-electron chi connectivity index (χ2n) is 6.07. The minimum atomic E-state index is -0.936. The van der Waals surface area contributed by atoms with Crippen LogP contribution >= 0.6 is 23.2 Å². The molecule has 3 rings (SSSR count). The number of rotatable bonds is 3. The summed E-state index contributed by atoms with van der Waals surface area (Å²) in [7, 11) is 0. The lowest BCUT2D eigenvalue weighted by Gasteiger charge is -2.41. The summed E-state index contributed by atoms with van der Waals surface area (Å²) in [6.45, 7) is 0.815. The topological polar surface area (TPSA) is 60.9 Å².